The normalized spacial score (nSPS) is 12.2. The Kier molecular flexibility index (Phi) is 7.58. The van der Waals surface area contributed by atoms with Crippen molar-refractivity contribution in [3.8, 4) is 0 Å². The number of hydrogen-bond acceptors (Lipinski definition) is 4. The number of methoxy groups -OCH3 is 1. The number of nitrogens with zero attached hydrogens (tertiary/aromatic N) is 1. The average Bonchev–Trinajstić information content (AvgIpc) is 2.41. The van der Waals surface area contributed by atoms with E-state index in [9.17, 15) is 14.3 Å². The molecule has 0 aliphatic rings. The highest BCUT2D eigenvalue weighted by atomic mass is 32.2. The fraction of sp³-hybridized carbons (Fsp3) is 0.500. The van der Waals surface area contributed by atoms with Gasteiger partial charge in [-0.25, -0.2) is 4.39 Å². The zero-order valence-electron chi connectivity index (χ0n) is 11.7. The molecule has 1 atom stereocenters. The summed E-state index contributed by atoms with van der Waals surface area (Å²) < 4.78 is 17.5. The van der Waals surface area contributed by atoms with Crippen molar-refractivity contribution in [2.45, 2.75) is 11.9 Å². The number of hydrogen-bond donors (Lipinski definition) is 1. The molecule has 20 heavy (non-hydrogen) atoms. The van der Waals surface area contributed by atoms with E-state index < -0.39 is 6.10 Å². The zero-order chi connectivity index (χ0) is 15.0. The lowest BCUT2D eigenvalue weighted by atomic mass is 10.2. The fourth-order valence-corrected chi connectivity index (χ4v) is 2.54. The third kappa shape index (κ3) is 6.36. The number of benzene rings is 1. The Morgan fingerprint density at radius 2 is 2.10 bits per heavy atom. The van der Waals surface area contributed by atoms with E-state index in [-0.39, 0.29) is 24.9 Å². The largest absolute Gasteiger partial charge is 0.389 e. The van der Waals surface area contributed by atoms with Crippen molar-refractivity contribution in [2.75, 3.05) is 33.1 Å². The van der Waals surface area contributed by atoms with Crippen molar-refractivity contribution >= 4 is 17.7 Å². The Hall–Kier alpha value is -1.11. The SMILES string of the molecule is COCC(O)CN(C)C(=O)CSCc1ccc(F)cc1. The van der Waals surface area contributed by atoms with Gasteiger partial charge in [-0.15, -0.1) is 11.8 Å². The van der Waals surface area contributed by atoms with Crippen molar-refractivity contribution in [1.29, 1.82) is 0 Å². The third-order valence-corrected chi connectivity index (χ3v) is 3.67. The summed E-state index contributed by atoms with van der Waals surface area (Å²) in [4.78, 5) is 13.3. The number of carbonyl (C=O) groups is 1. The second kappa shape index (κ2) is 8.94. The van der Waals surface area contributed by atoms with Crippen molar-refractivity contribution in [3.63, 3.8) is 0 Å². The summed E-state index contributed by atoms with van der Waals surface area (Å²) in [6, 6.07) is 6.23. The van der Waals surface area contributed by atoms with Crippen LogP contribution in [0.5, 0.6) is 0 Å². The Bertz CT molecular complexity index is 413. The molecule has 0 saturated carbocycles. The van der Waals surface area contributed by atoms with Gasteiger partial charge in [0, 0.05) is 26.5 Å². The molecule has 0 aliphatic carbocycles. The van der Waals surface area contributed by atoms with Crippen LogP contribution in [0, 0.1) is 5.82 Å². The molecule has 0 bridgehead atoms. The van der Waals surface area contributed by atoms with Gasteiger partial charge in [0.05, 0.1) is 18.5 Å². The minimum atomic E-state index is -0.670. The van der Waals surface area contributed by atoms with Crippen molar-refractivity contribution in [3.05, 3.63) is 35.6 Å². The van der Waals surface area contributed by atoms with Crippen LogP contribution in [0.1, 0.15) is 5.56 Å². The number of aliphatic hydroxyl groups is 1. The summed E-state index contributed by atoms with van der Waals surface area (Å²) in [6.45, 7) is 0.462. The number of thioether (sulfide) groups is 1. The summed E-state index contributed by atoms with van der Waals surface area (Å²) in [5.74, 6) is 0.669. The van der Waals surface area contributed by atoms with E-state index in [1.165, 1.54) is 35.9 Å². The minimum Gasteiger partial charge on any atom is -0.389 e. The highest BCUT2D eigenvalue weighted by Crippen LogP contribution is 2.13. The van der Waals surface area contributed by atoms with Crippen LogP contribution < -0.4 is 0 Å². The molecule has 1 aromatic carbocycles. The first-order valence-electron chi connectivity index (χ1n) is 6.26. The van der Waals surface area contributed by atoms with Crippen LogP contribution in [-0.2, 0) is 15.3 Å². The summed E-state index contributed by atoms with van der Waals surface area (Å²) in [5.41, 5.74) is 0.978. The van der Waals surface area contributed by atoms with Crippen LogP contribution in [0.2, 0.25) is 0 Å². The quantitative estimate of drug-likeness (QED) is 0.791. The van der Waals surface area contributed by atoms with Crippen LogP contribution in [0.3, 0.4) is 0 Å². The van der Waals surface area contributed by atoms with E-state index in [4.69, 9.17) is 4.74 Å². The summed E-state index contributed by atoms with van der Waals surface area (Å²) in [6.07, 6.45) is -0.670. The molecule has 112 valence electrons. The Morgan fingerprint density at radius 1 is 1.45 bits per heavy atom. The maximum atomic E-state index is 12.7. The first-order valence-corrected chi connectivity index (χ1v) is 7.41. The number of halogens is 1. The van der Waals surface area contributed by atoms with Crippen LogP contribution in [0.15, 0.2) is 24.3 Å². The highest BCUT2D eigenvalue weighted by molar-refractivity contribution is 7.99. The number of ether oxygens (including phenoxy) is 1. The van der Waals surface area contributed by atoms with Crippen molar-refractivity contribution in [1.82, 2.24) is 4.90 Å². The van der Waals surface area contributed by atoms with Gasteiger partial charge in [-0.3, -0.25) is 4.79 Å². The maximum Gasteiger partial charge on any atom is 0.232 e. The maximum absolute atomic E-state index is 12.7. The summed E-state index contributed by atoms with van der Waals surface area (Å²) in [7, 11) is 3.16. The molecule has 0 spiro atoms. The van der Waals surface area contributed by atoms with Gasteiger partial charge in [-0.1, -0.05) is 12.1 Å². The Morgan fingerprint density at radius 3 is 2.70 bits per heavy atom. The van der Waals surface area contributed by atoms with Gasteiger partial charge in [0.1, 0.15) is 5.82 Å². The van der Waals surface area contributed by atoms with Gasteiger partial charge >= 0.3 is 0 Å². The van der Waals surface area contributed by atoms with Crippen LogP contribution in [-0.4, -0.2) is 55.1 Å². The number of amides is 1. The van der Waals surface area contributed by atoms with Crippen LogP contribution in [0.4, 0.5) is 4.39 Å². The van der Waals surface area contributed by atoms with Crippen molar-refractivity contribution in [2.24, 2.45) is 0 Å². The zero-order valence-corrected chi connectivity index (χ0v) is 12.5. The molecule has 1 unspecified atom stereocenters. The predicted octanol–water partition coefficient (Wildman–Crippen LogP) is 1.52. The van der Waals surface area contributed by atoms with Gasteiger partial charge < -0.3 is 14.7 Å². The predicted molar refractivity (Wildman–Crippen MR) is 78.1 cm³/mol. The Labute approximate surface area is 122 Å². The molecule has 1 rings (SSSR count). The molecular weight excluding hydrogens is 281 g/mol. The third-order valence-electron chi connectivity index (χ3n) is 2.68. The standard InChI is InChI=1S/C14H20FNO3S/c1-16(7-13(17)8-19-2)14(18)10-20-9-11-3-5-12(15)6-4-11/h3-6,13,17H,7-10H2,1-2H3. The number of carbonyl (C=O) groups excluding carboxylic acids is 1. The molecule has 0 heterocycles. The van der Waals surface area contributed by atoms with E-state index >= 15 is 0 Å². The number of aliphatic hydroxyl groups excluding tert-OH is 1. The molecule has 1 aromatic rings. The smallest absolute Gasteiger partial charge is 0.232 e. The second-order valence-electron chi connectivity index (χ2n) is 4.50. The highest BCUT2D eigenvalue weighted by Gasteiger charge is 2.13. The summed E-state index contributed by atoms with van der Waals surface area (Å²) in [5, 5.41) is 9.54. The Balaban J connectivity index is 2.26. The number of likely N-dealkylation sites (N-methyl/N-ethyl adjacent to an activating group) is 1. The van der Waals surface area contributed by atoms with Gasteiger partial charge in [0.25, 0.3) is 0 Å². The molecule has 1 amide bonds. The molecule has 1 N–H and O–H groups in total. The van der Waals surface area contributed by atoms with E-state index in [0.29, 0.717) is 11.5 Å². The molecule has 0 aromatic heterocycles. The summed E-state index contributed by atoms with van der Waals surface area (Å²) >= 11 is 1.46. The molecule has 0 radical (unpaired) electrons. The van der Waals surface area contributed by atoms with E-state index in [1.54, 1.807) is 19.2 Å². The van der Waals surface area contributed by atoms with Crippen molar-refractivity contribution < 1.29 is 19.0 Å². The lowest BCUT2D eigenvalue weighted by Gasteiger charge is -2.20. The molecule has 0 saturated heterocycles. The van der Waals surface area contributed by atoms with Gasteiger partial charge in [-0.05, 0) is 17.7 Å². The molecule has 0 aliphatic heterocycles. The first kappa shape index (κ1) is 16.9. The fourth-order valence-electron chi connectivity index (χ4n) is 1.61. The lowest BCUT2D eigenvalue weighted by molar-refractivity contribution is -0.128. The van der Waals surface area contributed by atoms with E-state index in [0.717, 1.165) is 5.56 Å². The monoisotopic (exact) mass is 301 g/mol. The van der Waals surface area contributed by atoms with Gasteiger partial charge in [0.15, 0.2) is 0 Å². The molecule has 4 nitrogen and oxygen atoms in total. The lowest BCUT2D eigenvalue weighted by Crippen LogP contribution is -2.37. The first-order chi connectivity index (χ1) is 9.52. The molecular formula is C14H20FNO3S. The average molecular weight is 301 g/mol. The van der Waals surface area contributed by atoms with Gasteiger partial charge in [-0.2, -0.15) is 0 Å². The topological polar surface area (TPSA) is 49.8 Å². The van der Waals surface area contributed by atoms with E-state index in [2.05, 4.69) is 0 Å². The van der Waals surface area contributed by atoms with Gasteiger partial charge in [0.2, 0.25) is 5.91 Å². The second-order valence-corrected chi connectivity index (χ2v) is 5.49. The van der Waals surface area contributed by atoms with E-state index in [1.807, 2.05) is 0 Å². The van der Waals surface area contributed by atoms with Crippen LogP contribution in [0.25, 0.3) is 0 Å². The molecule has 6 heteroatoms. The number of rotatable bonds is 8. The minimum absolute atomic E-state index is 0.0488. The van der Waals surface area contributed by atoms with Crippen LogP contribution >= 0.6 is 11.8 Å². The molecule has 0 fully saturated rings.